The number of aromatic amines is 1. The fourth-order valence-electron chi connectivity index (χ4n) is 3.90. The summed E-state index contributed by atoms with van der Waals surface area (Å²) in [6.07, 6.45) is 4.67. The van der Waals surface area contributed by atoms with Gasteiger partial charge >= 0.3 is 0 Å². The Morgan fingerprint density at radius 3 is 2.50 bits per heavy atom. The number of H-pyrrole nitrogens is 1. The van der Waals surface area contributed by atoms with Crippen molar-refractivity contribution in [3.05, 3.63) is 66.4 Å². The van der Waals surface area contributed by atoms with E-state index in [0.29, 0.717) is 19.5 Å². The number of nitrogens with one attached hydrogen (secondary N) is 2. The van der Waals surface area contributed by atoms with Gasteiger partial charge < -0.3 is 15.2 Å². The summed E-state index contributed by atoms with van der Waals surface area (Å²) in [4.78, 5) is 30.2. The minimum Gasteiger partial charge on any atom is -0.361 e. The van der Waals surface area contributed by atoms with E-state index in [9.17, 15) is 9.59 Å². The van der Waals surface area contributed by atoms with E-state index < -0.39 is 0 Å². The Morgan fingerprint density at radius 2 is 1.71 bits per heavy atom. The van der Waals surface area contributed by atoms with E-state index in [1.54, 1.807) is 0 Å². The average Bonchev–Trinajstić information content (AvgIpc) is 3.16. The van der Waals surface area contributed by atoms with Crippen molar-refractivity contribution in [2.75, 3.05) is 18.4 Å². The summed E-state index contributed by atoms with van der Waals surface area (Å²) in [5.74, 6) is 0.196. The second kappa shape index (κ2) is 8.30. The highest BCUT2D eigenvalue weighted by molar-refractivity contribution is 5.92. The highest BCUT2D eigenvalue weighted by atomic mass is 16.2. The summed E-state index contributed by atoms with van der Waals surface area (Å²) < 4.78 is 0. The van der Waals surface area contributed by atoms with Crippen molar-refractivity contribution in [1.82, 2.24) is 9.88 Å². The zero-order chi connectivity index (χ0) is 19.3. The molecule has 2 aromatic carbocycles. The summed E-state index contributed by atoms with van der Waals surface area (Å²) in [7, 11) is 0. The van der Waals surface area contributed by atoms with Gasteiger partial charge in [0.15, 0.2) is 0 Å². The highest BCUT2D eigenvalue weighted by Crippen LogP contribution is 2.22. The molecule has 4 rings (SSSR count). The number of hydrogen-bond acceptors (Lipinski definition) is 2. The lowest BCUT2D eigenvalue weighted by Gasteiger charge is -2.31. The molecule has 144 valence electrons. The number of carbonyl (C=O) groups excluding carboxylic acids is 2. The zero-order valence-electron chi connectivity index (χ0n) is 15.9. The summed E-state index contributed by atoms with van der Waals surface area (Å²) in [5.41, 5.74) is 3.11. The van der Waals surface area contributed by atoms with Gasteiger partial charge in [-0.25, -0.2) is 0 Å². The van der Waals surface area contributed by atoms with Crippen LogP contribution in [-0.4, -0.2) is 34.8 Å². The molecule has 0 radical (unpaired) electrons. The molecule has 2 heterocycles. The van der Waals surface area contributed by atoms with E-state index in [0.717, 1.165) is 30.5 Å². The van der Waals surface area contributed by atoms with Crippen molar-refractivity contribution < 1.29 is 9.59 Å². The van der Waals surface area contributed by atoms with Crippen LogP contribution in [0.3, 0.4) is 0 Å². The summed E-state index contributed by atoms with van der Waals surface area (Å²) in [5, 5.41) is 4.16. The number of aryl methyl sites for hydroxylation is 1. The smallest absolute Gasteiger partial charge is 0.227 e. The molecule has 0 unspecified atom stereocenters. The quantitative estimate of drug-likeness (QED) is 0.708. The van der Waals surface area contributed by atoms with Crippen LogP contribution in [0.2, 0.25) is 0 Å². The van der Waals surface area contributed by atoms with Gasteiger partial charge in [0, 0.05) is 48.2 Å². The molecule has 3 aromatic rings. The topological polar surface area (TPSA) is 65.2 Å². The van der Waals surface area contributed by atoms with Crippen molar-refractivity contribution in [2.45, 2.75) is 25.7 Å². The number of amides is 2. The molecule has 0 spiro atoms. The molecule has 0 bridgehead atoms. The summed E-state index contributed by atoms with van der Waals surface area (Å²) in [6, 6.07) is 17.7. The van der Waals surface area contributed by atoms with E-state index >= 15 is 0 Å². The minimum atomic E-state index is -0.0297. The predicted molar refractivity (Wildman–Crippen MR) is 111 cm³/mol. The second-order valence-electron chi connectivity index (χ2n) is 7.37. The molecule has 0 saturated carbocycles. The van der Waals surface area contributed by atoms with Gasteiger partial charge in [0.25, 0.3) is 0 Å². The normalized spacial score (nSPS) is 14.9. The Labute approximate surface area is 164 Å². The number of hydrogen-bond donors (Lipinski definition) is 2. The number of para-hydroxylation sites is 2. The molecule has 5 heteroatoms. The van der Waals surface area contributed by atoms with Crippen LogP contribution in [0.5, 0.6) is 0 Å². The van der Waals surface area contributed by atoms with Crippen molar-refractivity contribution in [3.63, 3.8) is 0 Å². The standard InChI is InChI=1S/C23H25N3O2/c27-22(11-10-18-16-24-21-9-5-4-8-20(18)21)26-14-12-17(13-15-26)23(28)25-19-6-2-1-3-7-19/h1-9,16-17,24H,10-15H2,(H,25,28). The molecule has 1 aromatic heterocycles. The third-order valence-electron chi connectivity index (χ3n) is 5.54. The molecular weight excluding hydrogens is 350 g/mol. The second-order valence-corrected chi connectivity index (χ2v) is 7.37. The average molecular weight is 375 g/mol. The molecule has 1 aliphatic rings. The molecule has 2 N–H and O–H groups in total. The van der Waals surface area contributed by atoms with Crippen LogP contribution >= 0.6 is 0 Å². The van der Waals surface area contributed by atoms with Crippen LogP contribution in [0.15, 0.2) is 60.8 Å². The van der Waals surface area contributed by atoms with Gasteiger partial charge in [0.05, 0.1) is 0 Å². The van der Waals surface area contributed by atoms with E-state index in [-0.39, 0.29) is 17.7 Å². The highest BCUT2D eigenvalue weighted by Gasteiger charge is 2.27. The first-order valence-electron chi connectivity index (χ1n) is 9.89. The third kappa shape index (κ3) is 4.09. The number of carbonyl (C=O) groups is 2. The lowest BCUT2D eigenvalue weighted by molar-refractivity contribution is -0.134. The number of piperidine rings is 1. The molecule has 1 fully saturated rings. The van der Waals surface area contributed by atoms with Crippen LogP contribution < -0.4 is 5.32 Å². The van der Waals surface area contributed by atoms with Crippen molar-refractivity contribution >= 4 is 28.4 Å². The van der Waals surface area contributed by atoms with Crippen LogP contribution in [-0.2, 0) is 16.0 Å². The van der Waals surface area contributed by atoms with Crippen LogP contribution in [0, 0.1) is 5.92 Å². The largest absolute Gasteiger partial charge is 0.361 e. The van der Waals surface area contributed by atoms with Gasteiger partial charge in [-0.05, 0) is 43.0 Å². The van der Waals surface area contributed by atoms with Crippen molar-refractivity contribution in [1.29, 1.82) is 0 Å². The Hall–Kier alpha value is -3.08. The van der Waals surface area contributed by atoms with Crippen molar-refractivity contribution in [3.8, 4) is 0 Å². The lowest BCUT2D eigenvalue weighted by atomic mass is 9.95. The Bertz CT molecular complexity index is 956. The summed E-state index contributed by atoms with van der Waals surface area (Å²) >= 11 is 0. The van der Waals surface area contributed by atoms with Crippen LogP contribution in [0.1, 0.15) is 24.8 Å². The molecule has 28 heavy (non-hydrogen) atoms. The number of rotatable bonds is 5. The van der Waals surface area contributed by atoms with E-state index in [4.69, 9.17) is 0 Å². The number of benzene rings is 2. The van der Waals surface area contributed by atoms with Crippen molar-refractivity contribution in [2.24, 2.45) is 5.92 Å². The van der Waals surface area contributed by atoms with E-state index in [2.05, 4.69) is 16.4 Å². The molecule has 5 nitrogen and oxygen atoms in total. The predicted octanol–water partition coefficient (Wildman–Crippen LogP) is 3.98. The molecule has 1 saturated heterocycles. The first-order chi connectivity index (χ1) is 13.7. The van der Waals surface area contributed by atoms with E-state index in [1.807, 2.05) is 59.6 Å². The first-order valence-corrected chi connectivity index (χ1v) is 9.89. The van der Waals surface area contributed by atoms with Gasteiger partial charge in [-0.1, -0.05) is 36.4 Å². The molecule has 0 atom stereocenters. The van der Waals surface area contributed by atoms with Gasteiger partial charge in [-0.15, -0.1) is 0 Å². The summed E-state index contributed by atoms with van der Waals surface area (Å²) in [6.45, 7) is 1.30. The van der Waals surface area contributed by atoms with Gasteiger partial charge in [0.2, 0.25) is 11.8 Å². The Balaban J connectivity index is 1.26. The number of anilines is 1. The molecule has 1 aliphatic heterocycles. The third-order valence-corrected chi connectivity index (χ3v) is 5.54. The van der Waals surface area contributed by atoms with Gasteiger partial charge in [0.1, 0.15) is 0 Å². The van der Waals surface area contributed by atoms with Gasteiger partial charge in [-0.3, -0.25) is 9.59 Å². The maximum absolute atomic E-state index is 12.6. The Kier molecular flexibility index (Phi) is 5.42. The van der Waals surface area contributed by atoms with Gasteiger partial charge in [-0.2, -0.15) is 0 Å². The number of nitrogens with zero attached hydrogens (tertiary/aromatic N) is 1. The lowest BCUT2D eigenvalue weighted by Crippen LogP contribution is -2.41. The maximum atomic E-state index is 12.6. The fraction of sp³-hybridized carbons (Fsp3) is 0.304. The number of likely N-dealkylation sites (tertiary alicyclic amines) is 1. The van der Waals surface area contributed by atoms with E-state index in [1.165, 1.54) is 10.9 Å². The first kappa shape index (κ1) is 18.3. The zero-order valence-corrected chi connectivity index (χ0v) is 15.9. The monoisotopic (exact) mass is 375 g/mol. The molecule has 2 amide bonds. The van der Waals surface area contributed by atoms with Crippen LogP contribution in [0.4, 0.5) is 5.69 Å². The molecular formula is C23H25N3O2. The Morgan fingerprint density at radius 1 is 1.00 bits per heavy atom. The fourth-order valence-corrected chi connectivity index (χ4v) is 3.90. The van der Waals surface area contributed by atoms with Crippen LogP contribution in [0.25, 0.3) is 10.9 Å². The minimum absolute atomic E-state index is 0.0297. The SMILES string of the molecule is O=C(Nc1ccccc1)C1CCN(C(=O)CCc2c[nH]c3ccccc23)CC1. The molecule has 0 aliphatic carbocycles. The maximum Gasteiger partial charge on any atom is 0.227 e. The number of aromatic nitrogens is 1. The number of fused-ring (bicyclic) bond motifs is 1.